The van der Waals surface area contributed by atoms with Crippen molar-refractivity contribution in [2.24, 2.45) is 5.73 Å². The van der Waals surface area contributed by atoms with E-state index in [-0.39, 0.29) is 12.4 Å². The molecule has 8 heteroatoms. The van der Waals surface area contributed by atoms with Crippen LogP contribution in [0.1, 0.15) is 53.8 Å². The van der Waals surface area contributed by atoms with Crippen LogP contribution in [0.15, 0.2) is 73.2 Å². The Bertz CT molecular complexity index is 1150. The van der Waals surface area contributed by atoms with Crippen LogP contribution in [0.25, 0.3) is 0 Å². The molecule has 4 heterocycles. The number of carbonyl (C=O) groups is 1. The van der Waals surface area contributed by atoms with Gasteiger partial charge < -0.3 is 20.7 Å². The average molecular weight is 501 g/mol. The maximum Gasteiger partial charge on any atom is 0.250 e. The molecule has 2 aliphatic heterocycles. The third-order valence-electron chi connectivity index (χ3n) is 7.68. The van der Waals surface area contributed by atoms with E-state index >= 15 is 0 Å². The van der Waals surface area contributed by atoms with E-state index in [2.05, 4.69) is 62.3 Å². The van der Waals surface area contributed by atoms with Crippen molar-refractivity contribution >= 4 is 11.6 Å². The van der Waals surface area contributed by atoms with Gasteiger partial charge in [-0.1, -0.05) is 30.3 Å². The summed E-state index contributed by atoms with van der Waals surface area (Å²) in [6.45, 7) is 4.97. The molecule has 37 heavy (non-hydrogen) atoms. The highest BCUT2D eigenvalue weighted by molar-refractivity contribution is 5.93. The monoisotopic (exact) mass is 500 g/mol. The van der Waals surface area contributed by atoms with Crippen LogP contribution in [-0.4, -0.2) is 63.8 Å². The maximum atomic E-state index is 11.7. The van der Waals surface area contributed by atoms with Crippen LogP contribution in [0.2, 0.25) is 0 Å². The van der Waals surface area contributed by atoms with E-state index in [1.165, 1.54) is 5.56 Å². The summed E-state index contributed by atoms with van der Waals surface area (Å²) in [5.74, 6) is -0.410. The molecule has 1 amide bonds. The van der Waals surface area contributed by atoms with E-state index in [1.54, 1.807) is 24.5 Å². The number of aromatic nitrogens is 2. The lowest BCUT2D eigenvalue weighted by Crippen LogP contribution is -2.51. The molecule has 2 aromatic heterocycles. The maximum absolute atomic E-state index is 11.7. The summed E-state index contributed by atoms with van der Waals surface area (Å²) in [6.07, 6.45) is 8.98. The van der Waals surface area contributed by atoms with E-state index in [0.717, 1.165) is 50.2 Å². The summed E-state index contributed by atoms with van der Waals surface area (Å²) in [5.41, 5.74) is 9.11. The van der Waals surface area contributed by atoms with Crippen LogP contribution in [0, 0.1) is 0 Å². The molecule has 0 bridgehead atoms. The van der Waals surface area contributed by atoms with E-state index in [4.69, 9.17) is 10.5 Å². The van der Waals surface area contributed by atoms with Gasteiger partial charge in [0, 0.05) is 24.5 Å². The van der Waals surface area contributed by atoms with Crippen molar-refractivity contribution in [3.63, 3.8) is 0 Å². The zero-order valence-corrected chi connectivity index (χ0v) is 21.4. The van der Waals surface area contributed by atoms with Gasteiger partial charge in [0.15, 0.2) is 6.35 Å². The summed E-state index contributed by atoms with van der Waals surface area (Å²) in [5, 5.41) is 3.56. The fourth-order valence-electron chi connectivity index (χ4n) is 5.63. The number of aryl methyl sites for hydroxylation is 1. The number of primary amides is 1. The molecule has 3 aromatic rings. The quantitative estimate of drug-likeness (QED) is 0.461. The standard InChI is InChI=1S/C29H36N6O2/c1-21(11-12-26-25(28(30)36)10-6-16-32-26)34-17-13-24(14-18-34)35-27(22-7-3-2-4-8-22)20-37-29(35)33-23-9-5-15-31-19-23/h2-10,15-16,19,21,24,27,29,33H,11-14,17-18,20H2,1H3,(H2,30,36)/t21-,27?,29+/m0/s1. The molecular weight excluding hydrogens is 464 g/mol. The minimum Gasteiger partial charge on any atom is -0.366 e. The Labute approximate surface area is 218 Å². The number of ether oxygens (including phenoxy) is 1. The molecule has 2 aliphatic rings. The molecule has 0 spiro atoms. The second-order valence-corrected chi connectivity index (χ2v) is 9.96. The van der Waals surface area contributed by atoms with Gasteiger partial charge in [-0.2, -0.15) is 0 Å². The Morgan fingerprint density at radius 3 is 2.62 bits per heavy atom. The minimum atomic E-state index is -0.410. The number of nitrogens with zero attached hydrogens (tertiary/aromatic N) is 4. The number of amides is 1. The number of hydrogen-bond acceptors (Lipinski definition) is 7. The molecule has 194 valence electrons. The van der Waals surface area contributed by atoms with Gasteiger partial charge in [-0.05, 0) is 75.5 Å². The Morgan fingerprint density at radius 2 is 1.89 bits per heavy atom. The molecule has 0 aliphatic carbocycles. The molecule has 1 aromatic carbocycles. The van der Waals surface area contributed by atoms with Crippen LogP contribution < -0.4 is 11.1 Å². The SMILES string of the molecule is C[C@@H](CCc1ncccc1C(N)=O)N1CCC(N2C(c3ccccc3)CO[C@@H]2Nc2cccnc2)CC1. The molecule has 3 N–H and O–H groups in total. The van der Waals surface area contributed by atoms with Gasteiger partial charge in [0.25, 0.3) is 5.91 Å². The zero-order chi connectivity index (χ0) is 25.6. The van der Waals surface area contributed by atoms with Crippen molar-refractivity contribution in [3.05, 3.63) is 90.0 Å². The fraction of sp³-hybridized carbons (Fsp3) is 0.414. The highest BCUT2D eigenvalue weighted by Crippen LogP contribution is 2.36. The molecular formula is C29H36N6O2. The van der Waals surface area contributed by atoms with Crippen molar-refractivity contribution in [2.45, 2.75) is 57.1 Å². The van der Waals surface area contributed by atoms with Crippen LogP contribution in [0.3, 0.4) is 0 Å². The Morgan fingerprint density at radius 1 is 1.11 bits per heavy atom. The number of pyridine rings is 2. The zero-order valence-electron chi connectivity index (χ0n) is 21.4. The lowest BCUT2D eigenvalue weighted by Gasteiger charge is -2.42. The Balaban J connectivity index is 1.23. The lowest BCUT2D eigenvalue weighted by molar-refractivity contribution is 0.00222. The molecule has 5 rings (SSSR count). The molecule has 3 atom stereocenters. The van der Waals surface area contributed by atoms with Crippen molar-refractivity contribution in [2.75, 3.05) is 25.0 Å². The van der Waals surface area contributed by atoms with Gasteiger partial charge >= 0.3 is 0 Å². The average Bonchev–Trinajstić information content (AvgIpc) is 3.36. The van der Waals surface area contributed by atoms with Gasteiger partial charge in [-0.15, -0.1) is 0 Å². The first-order valence-electron chi connectivity index (χ1n) is 13.2. The van der Waals surface area contributed by atoms with E-state index in [0.29, 0.717) is 24.3 Å². The van der Waals surface area contributed by atoms with Crippen molar-refractivity contribution in [3.8, 4) is 0 Å². The van der Waals surface area contributed by atoms with Gasteiger partial charge in [0.1, 0.15) is 0 Å². The minimum absolute atomic E-state index is 0.195. The molecule has 2 saturated heterocycles. The summed E-state index contributed by atoms with van der Waals surface area (Å²) in [7, 11) is 0. The van der Waals surface area contributed by atoms with E-state index in [1.807, 2.05) is 18.3 Å². The first-order chi connectivity index (χ1) is 18.1. The Kier molecular flexibility index (Phi) is 8.08. The number of piperidine rings is 1. The summed E-state index contributed by atoms with van der Waals surface area (Å²) in [6, 6.07) is 19.2. The lowest BCUT2D eigenvalue weighted by atomic mass is 9.97. The van der Waals surface area contributed by atoms with Crippen LogP contribution in [0.5, 0.6) is 0 Å². The second kappa shape index (κ2) is 11.8. The van der Waals surface area contributed by atoms with Gasteiger partial charge in [-0.3, -0.25) is 14.8 Å². The normalized spacial score (nSPS) is 22.1. The second-order valence-electron chi connectivity index (χ2n) is 9.96. The Hall–Kier alpha value is -3.33. The number of anilines is 1. The fourth-order valence-corrected chi connectivity index (χ4v) is 5.63. The van der Waals surface area contributed by atoms with Crippen molar-refractivity contribution in [1.82, 2.24) is 19.8 Å². The van der Waals surface area contributed by atoms with Crippen LogP contribution in [0.4, 0.5) is 5.69 Å². The van der Waals surface area contributed by atoms with Crippen molar-refractivity contribution in [1.29, 1.82) is 0 Å². The van der Waals surface area contributed by atoms with Crippen LogP contribution in [-0.2, 0) is 11.2 Å². The number of likely N-dealkylation sites (tertiary alicyclic amines) is 1. The smallest absolute Gasteiger partial charge is 0.250 e. The summed E-state index contributed by atoms with van der Waals surface area (Å²) < 4.78 is 6.31. The van der Waals surface area contributed by atoms with Gasteiger partial charge in [-0.25, -0.2) is 4.90 Å². The molecule has 2 fully saturated rings. The van der Waals surface area contributed by atoms with Gasteiger partial charge in [0.05, 0.1) is 35.8 Å². The molecule has 8 nitrogen and oxygen atoms in total. The summed E-state index contributed by atoms with van der Waals surface area (Å²) >= 11 is 0. The van der Waals surface area contributed by atoms with E-state index in [9.17, 15) is 4.79 Å². The first kappa shape index (κ1) is 25.3. The number of nitrogens with one attached hydrogen (secondary N) is 1. The molecule has 0 radical (unpaired) electrons. The third kappa shape index (κ3) is 5.98. The molecule has 0 saturated carbocycles. The highest BCUT2D eigenvalue weighted by Gasteiger charge is 2.41. The predicted molar refractivity (Wildman–Crippen MR) is 144 cm³/mol. The van der Waals surface area contributed by atoms with E-state index < -0.39 is 5.91 Å². The predicted octanol–water partition coefficient (Wildman–Crippen LogP) is 3.83. The van der Waals surface area contributed by atoms with Crippen LogP contribution >= 0.6 is 0 Å². The number of nitrogens with two attached hydrogens (primary N) is 1. The largest absolute Gasteiger partial charge is 0.366 e. The van der Waals surface area contributed by atoms with Gasteiger partial charge in [0.2, 0.25) is 0 Å². The topological polar surface area (TPSA) is 96.6 Å². The summed E-state index contributed by atoms with van der Waals surface area (Å²) in [4.78, 5) is 25.5. The van der Waals surface area contributed by atoms with Crippen molar-refractivity contribution < 1.29 is 9.53 Å². The highest BCUT2D eigenvalue weighted by atomic mass is 16.5. The third-order valence-corrected chi connectivity index (χ3v) is 7.68. The number of carbonyl (C=O) groups excluding carboxylic acids is 1. The number of hydrogen-bond donors (Lipinski definition) is 2. The number of benzene rings is 1. The first-order valence-corrected chi connectivity index (χ1v) is 13.2. The number of rotatable bonds is 9. The molecule has 1 unspecified atom stereocenters.